The van der Waals surface area contributed by atoms with Gasteiger partial charge in [0.2, 0.25) is 0 Å². The Balaban J connectivity index is 1.32. The summed E-state index contributed by atoms with van der Waals surface area (Å²) in [5, 5.41) is 0. The van der Waals surface area contributed by atoms with E-state index in [1.54, 1.807) is 0 Å². The molecule has 5 heteroatoms. The number of benzene rings is 1. The molecule has 3 heterocycles. The van der Waals surface area contributed by atoms with Crippen LogP contribution in [0.1, 0.15) is 38.8 Å². The number of hydrogen-bond donors (Lipinski definition) is 0. The third-order valence-corrected chi connectivity index (χ3v) is 5.98. The van der Waals surface area contributed by atoms with Crippen molar-refractivity contribution in [3.05, 3.63) is 30.0 Å². The highest BCUT2D eigenvalue weighted by Crippen LogP contribution is 2.27. The predicted molar refractivity (Wildman–Crippen MR) is 110 cm³/mol. The molecule has 27 heavy (non-hydrogen) atoms. The van der Waals surface area contributed by atoms with Crippen LogP contribution in [0.5, 0.6) is 0 Å². The van der Waals surface area contributed by atoms with Crippen molar-refractivity contribution in [2.75, 3.05) is 37.6 Å². The fourth-order valence-corrected chi connectivity index (χ4v) is 4.64. The van der Waals surface area contributed by atoms with Crippen molar-refractivity contribution < 1.29 is 4.74 Å². The number of aromatic nitrogens is 2. The van der Waals surface area contributed by atoms with Gasteiger partial charge in [-0.2, -0.15) is 0 Å². The lowest BCUT2D eigenvalue weighted by Gasteiger charge is -2.37. The molecule has 146 valence electrons. The van der Waals surface area contributed by atoms with Crippen molar-refractivity contribution in [1.29, 1.82) is 0 Å². The summed E-state index contributed by atoms with van der Waals surface area (Å²) in [5.74, 6) is 1.89. The number of rotatable bonds is 4. The zero-order valence-electron chi connectivity index (χ0n) is 16.9. The van der Waals surface area contributed by atoms with Gasteiger partial charge >= 0.3 is 0 Å². The van der Waals surface area contributed by atoms with E-state index in [1.165, 1.54) is 25.8 Å². The van der Waals surface area contributed by atoms with E-state index in [-0.39, 0.29) is 0 Å². The Kier molecular flexibility index (Phi) is 5.60. The molecule has 1 aromatic heterocycles. The molecule has 0 radical (unpaired) electrons. The second-order valence-electron chi connectivity index (χ2n) is 8.36. The lowest BCUT2D eigenvalue weighted by molar-refractivity contribution is -0.0690. The second-order valence-corrected chi connectivity index (χ2v) is 8.36. The van der Waals surface area contributed by atoms with Gasteiger partial charge in [-0.05, 0) is 64.6 Å². The van der Waals surface area contributed by atoms with E-state index >= 15 is 0 Å². The van der Waals surface area contributed by atoms with Crippen molar-refractivity contribution in [3.63, 3.8) is 0 Å². The average molecular weight is 369 g/mol. The molecule has 1 aromatic carbocycles. The van der Waals surface area contributed by atoms with Crippen molar-refractivity contribution in [2.45, 2.75) is 52.2 Å². The highest BCUT2D eigenvalue weighted by molar-refractivity contribution is 5.76. The van der Waals surface area contributed by atoms with Crippen LogP contribution in [-0.4, -0.2) is 59.8 Å². The summed E-state index contributed by atoms with van der Waals surface area (Å²) < 4.78 is 5.85. The Morgan fingerprint density at radius 3 is 2.30 bits per heavy atom. The highest BCUT2D eigenvalue weighted by atomic mass is 16.5. The standard InChI is InChI=1S/C22H32N4O/c1-16-14-25(15-17(2)27-16)11-8-19-9-12-26(13-10-19)22-18(3)23-20-6-4-5-7-21(20)24-22/h4-7,16-17,19H,8-15H2,1-3H3. The number of hydrogen-bond acceptors (Lipinski definition) is 5. The number of anilines is 1. The first-order valence-electron chi connectivity index (χ1n) is 10.4. The van der Waals surface area contributed by atoms with Crippen molar-refractivity contribution in [3.8, 4) is 0 Å². The van der Waals surface area contributed by atoms with E-state index in [9.17, 15) is 0 Å². The van der Waals surface area contributed by atoms with Crippen LogP contribution in [0, 0.1) is 12.8 Å². The summed E-state index contributed by atoms with van der Waals surface area (Å²) in [6, 6.07) is 8.16. The molecule has 2 aliphatic heterocycles. The zero-order valence-corrected chi connectivity index (χ0v) is 16.9. The van der Waals surface area contributed by atoms with Gasteiger partial charge in [0.1, 0.15) is 0 Å². The van der Waals surface area contributed by atoms with Gasteiger partial charge in [-0.15, -0.1) is 0 Å². The van der Waals surface area contributed by atoms with Gasteiger partial charge in [0.25, 0.3) is 0 Å². The maximum absolute atomic E-state index is 5.85. The van der Waals surface area contributed by atoms with Gasteiger partial charge in [-0.3, -0.25) is 4.90 Å². The third kappa shape index (κ3) is 4.41. The van der Waals surface area contributed by atoms with Crippen LogP contribution >= 0.6 is 0 Å². The minimum atomic E-state index is 0.366. The molecule has 2 unspecified atom stereocenters. The molecular formula is C22H32N4O. The minimum absolute atomic E-state index is 0.366. The van der Waals surface area contributed by atoms with Crippen LogP contribution in [0.2, 0.25) is 0 Å². The smallest absolute Gasteiger partial charge is 0.150 e. The summed E-state index contributed by atoms with van der Waals surface area (Å²) in [5.41, 5.74) is 3.03. The molecule has 0 amide bonds. The lowest BCUT2D eigenvalue weighted by atomic mass is 9.93. The van der Waals surface area contributed by atoms with Crippen molar-refractivity contribution in [2.24, 2.45) is 5.92 Å². The molecule has 0 bridgehead atoms. The number of morpholine rings is 1. The fraction of sp³-hybridized carbons (Fsp3) is 0.636. The maximum atomic E-state index is 5.85. The van der Waals surface area contributed by atoms with Crippen molar-refractivity contribution >= 4 is 16.9 Å². The lowest BCUT2D eigenvalue weighted by Crippen LogP contribution is -2.46. The largest absolute Gasteiger partial charge is 0.373 e. The average Bonchev–Trinajstić information content (AvgIpc) is 2.65. The Hall–Kier alpha value is -1.72. The molecular weight excluding hydrogens is 336 g/mol. The normalized spacial score (nSPS) is 25.2. The summed E-state index contributed by atoms with van der Waals surface area (Å²) in [4.78, 5) is 14.7. The van der Waals surface area contributed by atoms with Gasteiger partial charge in [-0.25, -0.2) is 9.97 Å². The van der Waals surface area contributed by atoms with E-state index in [0.29, 0.717) is 12.2 Å². The van der Waals surface area contributed by atoms with Gasteiger partial charge in [0.15, 0.2) is 5.82 Å². The molecule has 4 rings (SSSR count). The fourth-order valence-electron chi connectivity index (χ4n) is 4.64. The first kappa shape index (κ1) is 18.6. The molecule has 0 N–H and O–H groups in total. The van der Waals surface area contributed by atoms with Crippen LogP contribution in [-0.2, 0) is 4.74 Å². The number of fused-ring (bicyclic) bond motifs is 1. The van der Waals surface area contributed by atoms with Gasteiger partial charge in [0.05, 0.1) is 28.9 Å². The number of nitrogens with zero attached hydrogens (tertiary/aromatic N) is 4. The molecule has 2 atom stereocenters. The zero-order chi connectivity index (χ0) is 18.8. The van der Waals surface area contributed by atoms with E-state index in [2.05, 4.69) is 36.6 Å². The Morgan fingerprint density at radius 2 is 1.63 bits per heavy atom. The Morgan fingerprint density at radius 1 is 1.00 bits per heavy atom. The van der Waals surface area contributed by atoms with Crippen LogP contribution in [0.15, 0.2) is 24.3 Å². The monoisotopic (exact) mass is 368 g/mol. The quantitative estimate of drug-likeness (QED) is 0.824. The van der Waals surface area contributed by atoms with E-state index in [1.807, 2.05) is 18.2 Å². The summed E-state index contributed by atoms with van der Waals surface area (Å²) in [6.45, 7) is 12.0. The SMILES string of the molecule is Cc1nc2ccccc2nc1N1CCC(CCN2CC(C)OC(C)C2)CC1. The van der Waals surface area contributed by atoms with Gasteiger partial charge in [-0.1, -0.05) is 12.1 Å². The number of aryl methyl sites for hydroxylation is 1. The third-order valence-electron chi connectivity index (χ3n) is 5.98. The molecule has 0 saturated carbocycles. The van der Waals surface area contributed by atoms with E-state index in [0.717, 1.165) is 54.6 Å². The first-order valence-corrected chi connectivity index (χ1v) is 10.4. The van der Waals surface area contributed by atoms with Crippen LogP contribution in [0.25, 0.3) is 11.0 Å². The van der Waals surface area contributed by atoms with Crippen LogP contribution in [0.3, 0.4) is 0 Å². The molecule has 2 saturated heterocycles. The first-order chi connectivity index (χ1) is 13.1. The molecule has 2 aromatic rings. The molecule has 0 aliphatic carbocycles. The van der Waals surface area contributed by atoms with Crippen molar-refractivity contribution in [1.82, 2.24) is 14.9 Å². The van der Waals surface area contributed by atoms with Gasteiger partial charge < -0.3 is 9.64 Å². The molecule has 2 fully saturated rings. The van der Waals surface area contributed by atoms with E-state index < -0.39 is 0 Å². The van der Waals surface area contributed by atoms with Crippen LogP contribution in [0.4, 0.5) is 5.82 Å². The summed E-state index contributed by atoms with van der Waals surface area (Å²) in [7, 11) is 0. The number of para-hydroxylation sites is 2. The maximum Gasteiger partial charge on any atom is 0.150 e. The summed E-state index contributed by atoms with van der Waals surface area (Å²) in [6.07, 6.45) is 4.54. The predicted octanol–water partition coefficient (Wildman–Crippen LogP) is 3.65. The molecule has 5 nitrogen and oxygen atoms in total. The highest BCUT2D eigenvalue weighted by Gasteiger charge is 2.25. The minimum Gasteiger partial charge on any atom is -0.373 e. The Labute approximate surface area is 162 Å². The Bertz CT molecular complexity index is 762. The van der Waals surface area contributed by atoms with Gasteiger partial charge in [0, 0.05) is 26.2 Å². The molecule has 2 aliphatic rings. The van der Waals surface area contributed by atoms with E-state index in [4.69, 9.17) is 14.7 Å². The number of piperidine rings is 1. The molecule has 0 spiro atoms. The topological polar surface area (TPSA) is 41.5 Å². The number of ether oxygens (including phenoxy) is 1. The second kappa shape index (κ2) is 8.11. The summed E-state index contributed by atoms with van der Waals surface area (Å²) >= 11 is 0. The van der Waals surface area contributed by atoms with Crippen LogP contribution < -0.4 is 4.90 Å².